The highest BCUT2D eigenvalue weighted by Crippen LogP contribution is 2.28. The van der Waals surface area contributed by atoms with Crippen LogP contribution in [0.1, 0.15) is 54.8 Å². The van der Waals surface area contributed by atoms with E-state index in [1.807, 2.05) is 13.8 Å². The Morgan fingerprint density at radius 3 is 2.81 bits per heavy atom. The van der Waals surface area contributed by atoms with E-state index in [0.29, 0.717) is 35.5 Å². The molecule has 1 amide bonds. The van der Waals surface area contributed by atoms with E-state index in [-0.39, 0.29) is 17.9 Å². The molecule has 0 radical (unpaired) electrons. The monoisotopic (exact) mass is 378 g/mol. The molecule has 3 rings (SSSR count). The molecule has 8 heteroatoms. The van der Waals surface area contributed by atoms with Crippen molar-refractivity contribution in [3.8, 4) is 0 Å². The van der Waals surface area contributed by atoms with E-state index in [1.54, 1.807) is 24.3 Å². The first-order chi connectivity index (χ1) is 12.4. The van der Waals surface area contributed by atoms with Crippen LogP contribution in [0.25, 0.3) is 0 Å². The average Bonchev–Trinajstić information content (AvgIpc) is 3.12. The van der Waals surface area contributed by atoms with Crippen molar-refractivity contribution in [2.75, 3.05) is 13.2 Å². The number of amides is 1. The summed E-state index contributed by atoms with van der Waals surface area (Å²) in [6.07, 6.45) is 1.74. The number of aromatic nitrogens is 2. The molecule has 26 heavy (non-hydrogen) atoms. The van der Waals surface area contributed by atoms with Gasteiger partial charge in [0.1, 0.15) is 0 Å². The Hall–Kier alpha value is -1.96. The van der Waals surface area contributed by atoms with Crippen LogP contribution in [-0.2, 0) is 10.3 Å². The van der Waals surface area contributed by atoms with Crippen LogP contribution in [0.2, 0.25) is 5.02 Å². The van der Waals surface area contributed by atoms with E-state index in [4.69, 9.17) is 26.6 Å². The number of nitrogens with zero attached hydrogens (tertiary/aromatic N) is 2. The van der Waals surface area contributed by atoms with E-state index >= 15 is 0 Å². The first-order valence-electron chi connectivity index (χ1n) is 8.62. The zero-order valence-corrected chi connectivity index (χ0v) is 15.6. The number of carbonyl (C=O) groups excluding carboxylic acids is 1. The van der Waals surface area contributed by atoms with Crippen molar-refractivity contribution in [1.29, 1.82) is 0 Å². The van der Waals surface area contributed by atoms with E-state index in [2.05, 4.69) is 15.5 Å². The fourth-order valence-electron chi connectivity index (χ4n) is 2.94. The van der Waals surface area contributed by atoms with Crippen LogP contribution in [0.4, 0.5) is 0 Å². The second-order valence-electron chi connectivity index (χ2n) is 7.02. The number of nitrogens with two attached hydrogens (primary N) is 1. The second kappa shape index (κ2) is 7.73. The molecule has 140 valence electrons. The second-order valence-corrected chi connectivity index (χ2v) is 7.46. The van der Waals surface area contributed by atoms with Crippen molar-refractivity contribution in [3.63, 3.8) is 0 Å². The average molecular weight is 379 g/mol. The van der Waals surface area contributed by atoms with Crippen LogP contribution < -0.4 is 11.1 Å². The minimum absolute atomic E-state index is 0.251. The van der Waals surface area contributed by atoms with Gasteiger partial charge >= 0.3 is 0 Å². The Balaban J connectivity index is 1.71. The summed E-state index contributed by atoms with van der Waals surface area (Å²) in [6.45, 7) is 5.01. The third-order valence-corrected chi connectivity index (χ3v) is 4.81. The first-order valence-corrected chi connectivity index (χ1v) is 9.00. The largest absolute Gasteiger partial charge is 0.381 e. The number of carbonyl (C=O) groups is 1. The summed E-state index contributed by atoms with van der Waals surface area (Å²) in [7, 11) is 0. The predicted octanol–water partition coefficient (Wildman–Crippen LogP) is 2.81. The van der Waals surface area contributed by atoms with Gasteiger partial charge in [0.15, 0.2) is 5.82 Å². The Bertz CT molecular complexity index is 771. The zero-order valence-electron chi connectivity index (χ0n) is 14.9. The van der Waals surface area contributed by atoms with E-state index in [0.717, 1.165) is 12.8 Å². The third-order valence-electron chi connectivity index (χ3n) is 4.57. The van der Waals surface area contributed by atoms with Crippen LogP contribution in [0, 0.1) is 5.92 Å². The minimum atomic E-state index is -0.823. The maximum absolute atomic E-state index is 12.5. The van der Waals surface area contributed by atoms with Gasteiger partial charge in [-0.2, -0.15) is 4.98 Å². The molecule has 1 atom stereocenters. The van der Waals surface area contributed by atoms with Gasteiger partial charge in [0.25, 0.3) is 5.91 Å². The zero-order chi connectivity index (χ0) is 18.7. The molecule has 1 aliphatic heterocycles. The van der Waals surface area contributed by atoms with Gasteiger partial charge in [0, 0.05) is 23.8 Å². The highest BCUT2D eigenvalue weighted by atomic mass is 35.5. The van der Waals surface area contributed by atoms with Gasteiger partial charge in [-0.3, -0.25) is 4.79 Å². The lowest BCUT2D eigenvalue weighted by atomic mass is 9.92. The van der Waals surface area contributed by atoms with Crippen molar-refractivity contribution in [3.05, 3.63) is 46.6 Å². The summed E-state index contributed by atoms with van der Waals surface area (Å²) in [5.41, 5.74) is 5.92. The highest BCUT2D eigenvalue weighted by molar-refractivity contribution is 6.30. The molecule has 1 aromatic carbocycles. The fraction of sp³-hybridized carbons (Fsp3) is 0.500. The molecule has 3 N–H and O–H groups in total. The molecule has 2 aromatic rings. The van der Waals surface area contributed by atoms with Crippen molar-refractivity contribution in [2.24, 2.45) is 11.7 Å². The van der Waals surface area contributed by atoms with Gasteiger partial charge in [-0.15, -0.1) is 0 Å². The molecule has 1 aromatic heterocycles. The predicted molar refractivity (Wildman–Crippen MR) is 96.7 cm³/mol. The lowest BCUT2D eigenvalue weighted by Gasteiger charge is -2.25. The summed E-state index contributed by atoms with van der Waals surface area (Å²) in [6, 6.07) is 6.41. The Labute approximate surface area is 157 Å². The molecule has 2 heterocycles. The van der Waals surface area contributed by atoms with Gasteiger partial charge in [-0.05, 0) is 50.8 Å². The van der Waals surface area contributed by atoms with Crippen molar-refractivity contribution in [2.45, 2.75) is 38.3 Å². The van der Waals surface area contributed by atoms with E-state index in [9.17, 15) is 4.79 Å². The number of hydrogen-bond donors (Lipinski definition) is 2. The molecule has 1 fully saturated rings. The maximum atomic E-state index is 12.5. The number of benzene rings is 1. The SMILES string of the molecule is CC(C)(NC(=O)c1cccc(Cl)c1)c1noc(C(N)C2CCOCC2)n1. The quantitative estimate of drug-likeness (QED) is 0.829. The topological polar surface area (TPSA) is 103 Å². The van der Waals surface area contributed by atoms with Gasteiger partial charge in [-0.1, -0.05) is 22.8 Å². The Morgan fingerprint density at radius 1 is 1.38 bits per heavy atom. The van der Waals surface area contributed by atoms with Crippen LogP contribution in [-0.4, -0.2) is 29.3 Å². The molecule has 0 aliphatic carbocycles. The molecular weight excluding hydrogens is 356 g/mol. The summed E-state index contributed by atoms with van der Waals surface area (Å²) in [4.78, 5) is 16.9. The smallest absolute Gasteiger partial charge is 0.252 e. The highest BCUT2D eigenvalue weighted by Gasteiger charge is 2.32. The summed E-state index contributed by atoms with van der Waals surface area (Å²) >= 11 is 5.95. The first kappa shape index (κ1) is 18.8. The molecule has 1 saturated heterocycles. The minimum Gasteiger partial charge on any atom is -0.381 e. The van der Waals surface area contributed by atoms with Crippen LogP contribution >= 0.6 is 11.6 Å². The number of hydrogen-bond acceptors (Lipinski definition) is 6. The van der Waals surface area contributed by atoms with Gasteiger partial charge in [0.05, 0.1) is 11.6 Å². The number of nitrogens with one attached hydrogen (secondary N) is 1. The lowest BCUT2D eigenvalue weighted by Crippen LogP contribution is -2.42. The van der Waals surface area contributed by atoms with Gasteiger partial charge in [-0.25, -0.2) is 0 Å². The Morgan fingerprint density at radius 2 is 2.12 bits per heavy atom. The molecule has 7 nitrogen and oxygen atoms in total. The molecule has 1 aliphatic rings. The van der Waals surface area contributed by atoms with Gasteiger partial charge < -0.3 is 20.3 Å². The van der Waals surface area contributed by atoms with E-state index in [1.165, 1.54) is 0 Å². The molecule has 0 bridgehead atoms. The number of rotatable bonds is 5. The van der Waals surface area contributed by atoms with Crippen molar-refractivity contribution in [1.82, 2.24) is 15.5 Å². The molecule has 0 saturated carbocycles. The molecule has 1 unspecified atom stereocenters. The van der Waals surface area contributed by atoms with E-state index < -0.39 is 5.54 Å². The van der Waals surface area contributed by atoms with Crippen LogP contribution in [0.15, 0.2) is 28.8 Å². The number of halogens is 1. The van der Waals surface area contributed by atoms with Crippen LogP contribution in [0.5, 0.6) is 0 Å². The standard InChI is InChI=1S/C18H23ClN4O3/c1-18(2,22-15(24)12-4-3-5-13(19)10-12)17-21-16(26-23-17)14(20)11-6-8-25-9-7-11/h3-5,10-11,14H,6-9,20H2,1-2H3,(H,22,24). The van der Waals surface area contributed by atoms with Crippen LogP contribution in [0.3, 0.4) is 0 Å². The normalized spacial score (nSPS) is 17.1. The van der Waals surface area contributed by atoms with Crippen molar-refractivity contribution >= 4 is 17.5 Å². The molecular formula is C18H23ClN4O3. The number of ether oxygens (including phenoxy) is 1. The third kappa shape index (κ3) is 4.23. The van der Waals surface area contributed by atoms with Gasteiger partial charge in [0.2, 0.25) is 5.89 Å². The summed E-state index contributed by atoms with van der Waals surface area (Å²) in [5, 5.41) is 7.43. The molecule has 0 spiro atoms. The Kier molecular flexibility index (Phi) is 5.60. The summed E-state index contributed by atoms with van der Waals surface area (Å²) in [5.74, 6) is 0.751. The maximum Gasteiger partial charge on any atom is 0.252 e. The fourth-order valence-corrected chi connectivity index (χ4v) is 3.13. The summed E-state index contributed by atoms with van der Waals surface area (Å²) < 4.78 is 10.7. The van der Waals surface area contributed by atoms with Crippen molar-refractivity contribution < 1.29 is 14.1 Å². The lowest BCUT2D eigenvalue weighted by molar-refractivity contribution is 0.0546.